The summed E-state index contributed by atoms with van der Waals surface area (Å²) in [5.74, 6) is 2.48. The van der Waals surface area contributed by atoms with Crippen molar-refractivity contribution in [2.75, 3.05) is 0 Å². The Morgan fingerprint density at radius 2 is 0.694 bits per heavy atom. The van der Waals surface area contributed by atoms with E-state index in [-0.39, 0.29) is 0 Å². The summed E-state index contributed by atoms with van der Waals surface area (Å²) in [4.78, 5) is 0. The normalized spacial score (nSPS) is 19.0. The van der Waals surface area contributed by atoms with Gasteiger partial charge in [-0.3, -0.25) is 0 Å². The second kappa shape index (κ2) is 21.5. The van der Waals surface area contributed by atoms with Crippen LogP contribution in [-0.2, 0) is 12.8 Å². The van der Waals surface area contributed by atoms with Gasteiger partial charge in [0.15, 0.2) is 0 Å². The first kappa shape index (κ1) is 53.5. The summed E-state index contributed by atoms with van der Waals surface area (Å²) in [7, 11) is -9.10. The molecule has 5 rings (SSSR count). The Hall–Kier alpha value is 0.540. The van der Waals surface area contributed by atoms with Gasteiger partial charge in [0.25, 0.3) is 0 Å². The average molecular weight is 1050 g/mol. The zero-order chi connectivity index (χ0) is 46.1. The molecule has 0 aliphatic heterocycles. The topological polar surface area (TPSA) is 0 Å². The van der Waals surface area contributed by atoms with Crippen LogP contribution >= 0.6 is 0 Å². The molecule has 62 heavy (non-hydrogen) atoms. The van der Waals surface area contributed by atoms with Gasteiger partial charge in [-0.1, -0.05) is 0 Å². The summed E-state index contributed by atoms with van der Waals surface area (Å²) in [6.45, 7) is 49.3. The van der Waals surface area contributed by atoms with Gasteiger partial charge in [-0.15, -0.1) is 0 Å². The first-order valence-electron chi connectivity index (χ1n) is 26.6. The fourth-order valence-corrected chi connectivity index (χ4v) is 56.7. The van der Waals surface area contributed by atoms with E-state index in [0.29, 0.717) is 0 Å². The SMILES string of the molecule is C[Si](C)(C)C(c1cc(C([Si](C)(C)C)[Si](C)(C)C)c(C[CH2][Sn][CH2]Cc2c(C3CCCCC3)cc(C3CCCCC3)cc2C2CCCCC2)c(C([Si](C)(C)C)[Si](C)(C)C)c1)[Si](C)(C)C. The first-order chi connectivity index (χ1) is 28.6. The third-order valence-corrected chi connectivity index (χ3v) is 47.4. The summed E-state index contributed by atoms with van der Waals surface area (Å²) in [5.41, 5.74) is 15.0. The van der Waals surface area contributed by atoms with E-state index in [1.54, 1.807) is 10.0 Å². The van der Waals surface area contributed by atoms with Gasteiger partial charge in [0, 0.05) is 0 Å². The summed E-state index contributed by atoms with van der Waals surface area (Å²) in [6.07, 6.45) is 24.6. The Morgan fingerprint density at radius 1 is 0.387 bits per heavy atom. The second-order valence-electron chi connectivity index (χ2n) is 28.1. The molecule has 0 atom stereocenters. The maximum absolute atomic E-state index is 2.97. The molecule has 0 bridgehead atoms. The molecular formula is C55H102Si6Sn. The molecule has 0 aromatic heterocycles. The van der Waals surface area contributed by atoms with Crippen LogP contribution in [0.5, 0.6) is 0 Å². The molecule has 7 heteroatoms. The van der Waals surface area contributed by atoms with Crippen LogP contribution in [0.15, 0.2) is 24.3 Å². The van der Waals surface area contributed by atoms with Crippen LogP contribution in [0.3, 0.4) is 0 Å². The van der Waals surface area contributed by atoms with Crippen molar-refractivity contribution in [3.63, 3.8) is 0 Å². The number of hydrogen-bond acceptors (Lipinski definition) is 0. The van der Waals surface area contributed by atoms with Crippen LogP contribution in [0.25, 0.3) is 0 Å². The molecule has 0 N–H and O–H groups in total. The molecule has 3 aliphatic carbocycles. The Labute approximate surface area is 404 Å². The molecule has 0 heterocycles. The molecule has 0 spiro atoms. The van der Waals surface area contributed by atoms with Gasteiger partial charge in [-0.05, 0) is 0 Å². The Morgan fingerprint density at radius 3 is 1.02 bits per heavy atom. The van der Waals surface area contributed by atoms with Gasteiger partial charge < -0.3 is 0 Å². The fourth-order valence-electron chi connectivity index (χ4n) is 15.3. The van der Waals surface area contributed by atoms with Crippen LogP contribution < -0.4 is 0 Å². The van der Waals surface area contributed by atoms with E-state index in [0.717, 1.165) is 33.2 Å². The Balaban J connectivity index is 1.60. The third-order valence-electron chi connectivity index (χ3n) is 16.1. The van der Waals surface area contributed by atoms with Crippen molar-refractivity contribution in [1.29, 1.82) is 0 Å². The summed E-state index contributed by atoms with van der Waals surface area (Å²) in [5, 5.41) is 2.41. The van der Waals surface area contributed by atoms with Crippen molar-refractivity contribution in [2.45, 2.75) is 269 Å². The molecule has 0 amide bonds. The van der Waals surface area contributed by atoms with E-state index in [1.165, 1.54) is 114 Å². The molecular weight excluding hydrogens is 948 g/mol. The predicted molar refractivity (Wildman–Crippen MR) is 301 cm³/mol. The summed E-state index contributed by atoms with van der Waals surface area (Å²) >= 11 is -0.581. The van der Waals surface area contributed by atoms with E-state index in [9.17, 15) is 0 Å². The molecule has 350 valence electrons. The summed E-state index contributed by atoms with van der Waals surface area (Å²) in [6, 6.07) is 11.7. The zero-order valence-electron chi connectivity index (χ0n) is 44.7. The monoisotopic (exact) mass is 1050 g/mol. The van der Waals surface area contributed by atoms with Crippen LogP contribution in [0.4, 0.5) is 0 Å². The molecule has 0 saturated heterocycles. The van der Waals surface area contributed by atoms with Crippen LogP contribution in [0.2, 0.25) is 127 Å². The molecule has 0 unspecified atom stereocenters. The summed E-state index contributed by atoms with van der Waals surface area (Å²) < 4.78 is 3.07. The number of benzene rings is 2. The number of rotatable bonds is 18. The minimum atomic E-state index is -1.53. The van der Waals surface area contributed by atoms with E-state index in [1.807, 2.05) is 38.9 Å². The van der Waals surface area contributed by atoms with Gasteiger partial charge in [0.1, 0.15) is 0 Å². The van der Waals surface area contributed by atoms with Gasteiger partial charge >= 0.3 is 407 Å². The first-order valence-corrected chi connectivity index (χ1v) is 52.1. The van der Waals surface area contributed by atoms with Crippen molar-refractivity contribution < 1.29 is 0 Å². The quantitative estimate of drug-likeness (QED) is 0.103. The van der Waals surface area contributed by atoms with E-state index >= 15 is 0 Å². The number of hydrogen-bond donors (Lipinski definition) is 0. The molecule has 2 radical (unpaired) electrons. The Kier molecular flexibility index (Phi) is 18.5. The fraction of sp³-hybridized carbons (Fsp3) is 0.782. The van der Waals surface area contributed by atoms with Crippen LogP contribution in [0, 0.1) is 0 Å². The van der Waals surface area contributed by atoms with Crippen LogP contribution in [-0.4, -0.2) is 69.6 Å². The molecule has 0 nitrogen and oxygen atoms in total. The van der Waals surface area contributed by atoms with Crippen molar-refractivity contribution in [2.24, 2.45) is 0 Å². The zero-order valence-corrected chi connectivity index (χ0v) is 53.6. The van der Waals surface area contributed by atoms with Gasteiger partial charge in [0.2, 0.25) is 0 Å². The van der Waals surface area contributed by atoms with E-state index in [4.69, 9.17) is 0 Å². The second-order valence-corrected chi connectivity index (χ2v) is 66.0. The average Bonchev–Trinajstić information content (AvgIpc) is 3.13. The van der Waals surface area contributed by atoms with Crippen LogP contribution in [0.1, 0.15) is 174 Å². The molecule has 2 aromatic rings. The molecule has 3 aliphatic rings. The van der Waals surface area contributed by atoms with Gasteiger partial charge in [-0.2, -0.15) is 0 Å². The molecule has 3 fully saturated rings. The molecule has 3 saturated carbocycles. The van der Waals surface area contributed by atoms with E-state index in [2.05, 4.69) is 142 Å². The van der Waals surface area contributed by atoms with Crippen molar-refractivity contribution in [1.82, 2.24) is 0 Å². The standard InChI is InChI=1S/C29H63Si6.C26H39.Sn/c1-20-24-25(28(32(8,9)10)33(11,12)13)21-23(27(30(2,3)4)31(5,6)7)22-26(24)29(34(14,15)16)35(17,18)19;1-2-24-25(21-14-8-4-9-15-21)18-23(20-12-6-3-7-13-20)19-26(24)22-16-10-5-11-17-22;/h21-22,27-29H,1,20H2,2-19H3;18-22H,1-17H2;. The van der Waals surface area contributed by atoms with Crippen molar-refractivity contribution in [3.8, 4) is 0 Å². The van der Waals surface area contributed by atoms with Gasteiger partial charge in [-0.25, -0.2) is 0 Å². The van der Waals surface area contributed by atoms with Gasteiger partial charge in [0.05, 0.1) is 0 Å². The Bertz CT molecular complexity index is 1600. The van der Waals surface area contributed by atoms with Crippen molar-refractivity contribution in [3.05, 3.63) is 68.8 Å². The maximum atomic E-state index is 2.97. The van der Waals surface area contributed by atoms with E-state index < -0.39 is 69.6 Å². The minimum absolute atomic E-state index is 0.581. The molecule has 2 aromatic carbocycles. The van der Waals surface area contributed by atoms with Crippen molar-refractivity contribution >= 4 is 69.6 Å². The third kappa shape index (κ3) is 13.8. The predicted octanol–water partition coefficient (Wildman–Crippen LogP) is 18.7.